The number of phenolic OH excluding ortho intramolecular Hbond substituents is 1. The second-order valence-corrected chi connectivity index (χ2v) is 8.67. The summed E-state index contributed by atoms with van der Waals surface area (Å²) in [5.41, 5.74) is 2.51. The molecule has 0 atom stereocenters. The van der Waals surface area contributed by atoms with Crippen LogP contribution in [-0.2, 0) is 12.7 Å². The number of aromatic nitrogens is 4. The van der Waals surface area contributed by atoms with Crippen molar-refractivity contribution < 1.29 is 18.3 Å². The van der Waals surface area contributed by atoms with Crippen molar-refractivity contribution in [2.24, 2.45) is 0 Å². The van der Waals surface area contributed by atoms with Gasteiger partial charge >= 0.3 is 11.9 Å². The zero-order valence-electron chi connectivity index (χ0n) is 18.8. The number of halogens is 4. The Bertz CT molecular complexity index is 1640. The van der Waals surface area contributed by atoms with Crippen LogP contribution in [0.2, 0.25) is 5.02 Å². The minimum absolute atomic E-state index is 0.0528. The molecule has 182 valence electrons. The Balaban J connectivity index is 1.67. The zero-order valence-corrected chi connectivity index (χ0v) is 19.5. The molecule has 0 spiro atoms. The number of aromatic hydroxyl groups is 1. The minimum Gasteiger partial charge on any atom is -0.508 e. The molecular formula is C26H18ClF3N4O2. The fraction of sp³-hybridized carbons (Fsp3) is 0.115. The summed E-state index contributed by atoms with van der Waals surface area (Å²) in [4.78, 5) is 16.9. The molecular weight excluding hydrogens is 493 g/mol. The van der Waals surface area contributed by atoms with E-state index in [9.17, 15) is 23.1 Å². The summed E-state index contributed by atoms with van der Waals surface area (Å²) < 4.78 is 41.6. The van der Waals surface area contributed by atoms with E-state index in [1.807, 2.05) is 12.1 Å². The van der Waals surface area contributed by atoms with Gasteiger partial charge in [0.25, 0.3) is 0 Å². The van der Waals surface area contributed by atoms with E-state index < -0.39 is 17.6 Å². The Morgan fingerprint density at radius 3 is 2.25 bits per heavy atom. The SMILES string of the molecule is Cc1nc(C(F)(F)F)ccc1Cn1nc2c(-c3ccc(O)cc3)c(-c3ccc(Cl)cc3)ccn2c1=O. The topological polar surface area (TPSA) is 72.4 Å². The molecule has 3 aromatic heterocycles. The largest absolute Gasteiger partial charge is 0.508 e. The first-order valence-electron chi connectivity index (χ1n) is 10.8. The molecule has 1 N–H and O–H groups in total. The maximum atomic E-state index is 13.2. The van der Waals surface area contributed by atoms with E-state index in [1.54, 1.807) is 36.5 Å². The number of hydrogen-bond acceptors (Lipinski definition) is 4. The molecule has 10 heteroatoms. The number of benzene rings is 2. The maximum Gasteiger partial charge on any atom is 0.433 e. The fourth-order valence-electron chi connectivity index (χ4n) is 4.04. The van der Waals surface area contributed by atoms with Crippen LogP contribution in [0.3, 0.4) is 0 Å². The number of phenols is 1. The molecule has 0 fully saturated rings. The summed E-state index contributed by atoms with van der Waals surface area (Å²) in [6.45, 7) is 1.41. The molecule has 5 aromatic rings. The Hall–Kier alpha value is -4.11. The van der Waals surface area contributed by atoms with E-state index in [2.05, 4.69) is 10.1 Å². The summed E-state index contributed by atoms with van der Waals surface area (Å²) in [5.74, 6) is 0.0898. The predicted octanol–water partition coefficient (Wildman–Crippen LogP) is 5.96. The molecule has 0 aliphatic rings. The van der Waals surface area contributed by atoms with Crippen molar-refractivity contribution in [3.8, 4) is 28.0 Å². The molecule has 36 heavy (non-hydrogen) atoms. The highest BCUT2D eigenvalue weighted by molar-refractivity contribution is 6.30. The van der Waals surface area contributed by atoms with Crippen molar-refractivity contribution in [3.63, 3.8) is 0 Å². The third kappa shape index (κ3) is 4.33. The van der Waals surface area contributed by atoms with E-state index >= 15 is 0 Å². The van der Waals surface area contributed by atoms with E-state index in [0.29, 0.717) is 27.4 Å². The Morgan fingerprint density at radius 1 is 0.944 bits per heavy atom. The highest BCUT2D eigenvalue weighted by Crippen LogP contribution is 2.36. The van der Waals surface area contributed by atoms with E-state index in [0.717, 1.165) is 17.2 Å². The molecule has 3 heterocycles. The van der Waals surface area contributed by atoms with Crippen LogP contribution in [0.25, 0.3) is 27.9 Å². The zero-order chi connectivity index (χ0) is 25.6. The third-order valence-electron chi connectivity index (χ3n) is 5.87. The van der Waals surface area contributed by atoms with Crippen LogP contribution >= 0.6 is 11.6 Å². The number of fused-ring (bicyclic) bond motifs is 1. The van der Waals surface area contributed by atoms with Crippen LogP contribution in [0.5, 0.6) is 5.75 Å². The molecule has 6 nitrogen and oxygen atoms in total. The number of aryl methyl sites for hydroxylation is 1. The highest BCUT2D eigenvalue weighted by atomic mass is 35.5. The molecule has 0 amide bonds. The number of pyridine rings is 2. The van der Waals surface area contributed by atoms with Crippen LogP contribution in [0.4, 0.5) is 13.2 Å². The predicted molar refractivity (Wildman–Crippen MR) is 130 cm³/mol. The summed E-state index contributed by atoms with van der Waals surface area (Å²) >= 11 is 6.06. The Morgan fingerprint density at radius 2 is 1.61 bits per heavy atom. The molecule has 0 aliphatic carbocycles. The van der Waals surface area contributed by atoms with Crippen molar-refractivity contribution in [1.29, 1.82) is 0 Å². The summed E-state index contributed by atoms with van der Waals surface area (Å²) in [5, 5.41) is 14.9. The molecule has 0 aliphatic heterocycles. The number of alkyl halides is 3. The van der Waals surface area contributed by atoms with Crippen LogP contribution in [-0.4, -0.2) is 24.3 Å². The summed E-state index contributed by atoms with van der Waals surface area (Å²) in [7, 11) is 0. The van der Waals surface area contributed by atoms with Gasteiger partial charge in [0.2, 0.25) is 0 Å². The van der Waals surface area contributed by atoms with Gasteiger partial charge in [-0.25, -0.2) is 18.9 Å². The van der Waals surface area contributed by atoms with Gasteiger partial charge in [-0.3, -0.25) is 0 Å². The average molecular weight is 511 g/mol. The molecule has 5 rings (SSSR count). The van der Waals surface area contributed by atoms with E-state index in [1.165, 1.54) is 34.2 Å². The van der Waals surface area contributed by atoms with Gasteiger partial charge in [-0.05, 0) is 65.6 Å². The van der Waals surface area contributed by atoms with Gasteiger partial charge in [0.1, 0.15) is 11.4 Å². The standard InChI is InChI=1S/C26H18ClF3N4O2/c1-15-18(6-11-22(31-15)26(28,29)30)14-34-25(36)33-13-12-21(16-2-7-19(27)8-3-16)23(24(33)32-34)17-4-9-20(35)10-5-17/h2-13,35H,14H2,1H3. The lowest BCUT2D eigenvalue weighted by Crippen LogP contribution is -2.22. The van der Waals surface area contributed by atoms with Crippen LogP contribution in [0.1, 0.15) is 17.0 Å². The molecule has 0 bridgehead atoms. The first-order valence-corrected chi connectivity index (χ1v) is 11.2. The third-order valence-corrected chi connectivity index (χ3v) is 6.12. The van der Waals surface area contributed by atoms with Gasteiger partial charge in [0.15, 0.2) is 5.65 Å². The Labute approximate surface area is 207 Å². The van der Waals surface area contributed by atoms with Crippen molar-refractivity contribution in [3.05, 3.63) is 105 Å². The molecule has 0 saturated heterocycles. The quantitative estimate of drug-likeness (QED) is 0.324. The van der Waals surface area contributed by atoms with E-state index in [4.69, 9.17) is 11.6 Å². The normalized spacial score (nSPS) is 11.8. The van der Waals surface area contributed by atoms with Gasteiger partial charge in [0, 0.05) is 22.5 Å². The van der Waals surface area contributed by atoms with Crippen LogP contribution in [0, 0.1) is 6.92 Å². The molecule has 0 saturated carbocycles. The van der Waals surface area contributed by atoms with Gasteiger partial charge in [-0.15, -0.1) is 5.10 Å². The lowest BCUT2D eigenvalue weighted by atomic mass is 9.96. The number of hydrogen-bond donors (Lipinski definition) is 1. The number of nitrogens with zero attached hydrogens (tertiary/aromatic N) is 4. The Kier molecular flexibility index (Phi) is 5.80. The first-order chi connectivity index (χ1) is 17.1. The van der Waals surface area contributed by atoms with Gasteiger partial charge in [-0.1, -0.05) is 41.9 Å². The molecule has 0 unspecified atom stereocenters. The van der Waals surface area contributed by atoms with Gasteiger partial charge in [-0.2, -0.15) is 13.2 Å². The highest BCUT2D eigenvalue weighted by Gasteiger charge is 2.32. The molecule has 0 radical (unpaired) electrons. The van der Waals surface area contributed by atoms with Crippen LogP contribution < -0.4 is 5.69 Å². The summed E-state index contributed by atoms with van der Waals surface area (Å²) in [6.07, 6.45) is -2.95. The lowest BCUT2D eigenvalue weighted by molar-refractivity contribution is -0.141. The van der Waals surface area contributed by atoms with Crippen molar-refractivity contribution >= 4 is 17.2 Å². The fourth-order valence-corrected chi connectivity index (χ4v) is 4.17. The monoisotopic (exact) mass is 510 g/mol. The smallest absolute Gasteiger partial charge is 0.433 e. The van der Waals surface area contributed by atoms with Crippen molar-refractivity contribution in [2.75, 3.05) is 0 Å². The second kappa shape index (κ2) is 8.83. The van der Waals surface area contributed by atoms with Crippen molar-refractivity contribution in [1.82, 2.24) is 19.2 Å². The summed E-state index contributed by atoms with van der Waals surface area (Å²) in [6, 6.07) is 17.7. The van der Waals surface area contributed by atoms with E-state index in [-0.39, 0.29) is 18.0 Å². The molecule has 2 aromatic carbocycles. The second-order valence-electron chi connectivity index (χ2n) is 8.23. The minimum atomic E-state index is -4.56. The maximum absolute atomic E-state index is 13.2. The lowest BCUT2D eigenvalue weighted by Gasteiger charge is -2.11. The van der Waals surface area contributed by atoms with Crippen molar-refractivity contribution in [2.45, 2.75) is 19.6 Å². The van der Waals surface area contributed by atoms with Gasteiger partial charge in [0.05, 0.1) is 6.54 Å². The average Bonchev–Trinajstić information content (AvgIpc) is 3.15. The van der Waals surface area contributed by atoms with Gasteiger partial charge < -0.3 is 5.11 Å². The first kappa shape index (κ1) is 23.6. The van der Waals surface area contributed by atoms with Crippen LogP contribution in [0.15, 0.2) is 77.7 Å². The number of rotatable bonds is 4.